The molecule has 1 aromatic heterocycles. The number of aromatic nitrogens is 1. The van der Waals surface area contributed by atoms with E-state index in [1.165, 1.54) is 6.08 Å². The fourth-order valence-corrected chi connectivity index (χ4v) is 3.68. The summed E-state index contributed by atoms with van der Waals surface area (Å²) in [6.45, 7) is 9.62. The highest BCUT2D eigenvalue weighted by molar-refractivity contribution is 5.92. The Morgan fingerprint density at radius 1 is 0.947 bits per heavy atom. The van der Waals surface area contributed by atoms with Gasteiger partial charge in [-0.1, -0.05) is 31.1 Å². The van der Waals surface area contributed by atoms with E-state index in [-0.39, 0.29) is 5.78 Å². The molecule has 0 radical (unpaired) electrons. The molecule has 1 rings (SSSR count). The van der Waals surface area contributed by atoms with Crippen molar-refractivity contribution in [2.45, 2.75) is 110 Å². The van der Waals surface area contributed by atoms with E-state index < -0.39 is 47.0 Å². The van der Waals surface area contributed by atoms with E-state index >= 15 is 0 Å². The van der Waals surface area contributed by atoms with E-state index in [4.69, 9.17) is 9.47 Å². The molecule has 38 heavy (non-hydrogen) atoms. The maximum Gasteiger partial charge on any atom is 0.340 e. The number of hydrogen-bond acceptors (Lipinski definition) is 8. The van der Waals surface area contributed by atoms with E-state index in [9.17, 15) is 29.4 Å². The summed E-state index contributed by atoms with van der Waals surface area (Å²) in [7, 11) is 0. The number of allylic oxidation sites excluding steroid dienone is 1. The highest BCUT2D eigenvalue weighted by Gasteiger charge is 2.51. The minimum atomic E-state index is -2.65. The topological polar surface area (TPSA) is 140 Å². The minimum absolute atomic E-state index is 0.138. The van der Waals surface area contributed by atoms with Gasteiger partial charge in [-0.15, -0.1) is 0 Å². The number of rotatable bonds is 15. The van der Waals surface area contributed by atoms with Crippen molar-refractivity contribution in [3.05, 3.63) is 42.2 Å². The zero-order valence-electron chi connectivity index (χ0n) is 23.5. The van der Waals surface area contributed by atoms with Gasteiger partial charge in [0.1, 0.15) is 22.9 Å². The predicted octanol–water partition coefficient (Wildman–Crippen LogP) is 4.60. The Balaban J connectivity index is 2.70. The van der Waals surface area contributed by atoms with Crippen LogP contribution in [0, 0.1) is 5.92 Å². The van der Waals surface area contributed by atoms with E-state index in [0.717, 1.165) is 31.4 Å². The smallest absolute Gasteiger partial charge is 0.340 e. The molecule has 0 saturated carbocycles. The summed E-state index contributed by atoms with van der Waals surface area (Å²) >= 11 is 0. The lowest BCUT2D eigenvalue weighted by molar-refractivity contribution is -0.192. The molecule has 212 valence electrons. The van der Waals surface area contributed by atoms with Gasteiger partial charge in [0.2, 0.25) is 0 Å². The molecule has 0 fully saturated rings. The highest BCUT2D eigenvalue weighted by atomic mass is 16.6. The van der Waals surface area contributed by atoms with Crippen molar-refractivity contribution < 1.29 is 38.9 Å². The Morgan fingerprint density at radius 3 is 2.13 bits per heavy atom. The quantitative estimate of drug-likeness (QED) is 0.188. The first-order valence-electron chi connectivity index (χ1n) is 13.0. The number of aliphatic hydroxyl groups is 1. The monoisotopic (exact) mass is 533 g/mol. The number of hydrogen-bond donors (Lipinski definition) is 2. The van der Waals surface area contributed by atoms with Crippen LogP contribution in [0.5, 0.6) is 0 Å². The first-order valence-corrected chi connectivity index (χ1v) is 13.0. The lowest BCUT2D eigenvalue weighted by Crippen LogP contribution is -2.53. The van der Waals surface area contributed by atoms with Gasteiger partial charge in [0, 0.05) is 24.7 Å². The van der Waals surface area contributed by atoms with Crippen molar-refractivity contribution in [2.75, 3.05) is 0 Å². The summed E-state index contributed by atoms with van der Waals surface area (Å²) in [6.07, 6.45) is 8.05. The summed E-state index contributed by atoms with van der Waals surface area (Å²) in [6, 6.07) is 5.48. The Kier molecular flexibility index (Phi) is 12.8. The average molecular weight is 534 g/mol. The van der Waals surface area contributed by atoms with Gasteiger partial charge in [-0.2, -0.15) is 0 Å². The van der Waals surface area contributed by atoms with Crippen molar-refractivity contribution >= 4 is 23.7 Å². The molecule has 9 heteroatoms. The van der Waals surface area contributed by atoms with Gasteiger partial charge in [-0.3, -0.25) is 19.4 Å². The predicted molar refractivity (Wildman–Crippen MR) is 142 cm³/mol. The van der Waals surface area contributed by atoms with Crippen LogP contribution >= 0.6 is 0 Å². The van der Waals surface area contributed by atoms with Crippen LogP contribution in [-0.4, -0.2) is 55.7 Å². The van der Waals surface area contributed by atoms with Crippen molar-refractivity contribution in [2.24, 2.45) is 5.92 Å². The van der Waals surface area contributed by atoms with Crippen molar-refractivity contribution in [3.8, 4) is 0 Å². The third-order valence-corrected chi connectivity index (χ3v) is 5.38. The van der Waals surface area contributed by atoms with Crippen LogP contribution in [-0.2, 0) is 35.1 Å². The van der Waals surface area contributed by atoms with Crippen LogP contribution in [0.3, 0.4) is 0 Å². The first-order chi connectivity index (χ1) is 17.5. The molecule has 1 aromatic rings. The molecule has 0 aliphatic rings. The van der Waals surface area contributed by atoms with Gasteiger partial charge < -0.3 is 19.7 Å². The van der Waals surface area contributed by atoms with Crippen LogP contribution < -0.4 is 0 Å². The largest absolute Gasteiger partial charge is 0.481 e. The molecular weight excluding hydrogens is 490 g/mol. The molecule has 0 aromatic carbocycles. The number of unbranched alkanes of at least 4 members (excludes halogenated alkanes) is 4. The van der Waals surface area contributed by atoms with Crippen LogP contribution in [0.1, 0.15) is 92.2 Å². The molecule has 2 N–H and O–H groups in total. The summed E-state index contributed by atoms with van der Waals surface area (Å²) in [5, 5.41) is 21.1. The van der Waals surface area contributed by atoms with Gasteiger partial charge in [-0.25, -0.2) is 4.79 Å². The van der Waals surface area contributed by atoms with Gasteiger partial charge in [0.15, 0.2) is 5.60 Å². The van der Waals surface area contributed by atoms with E-state index in [0.29, 0.717) is 19.3 Å². The van der Waals surface area contributed by atoms with Crippen LogP contribution in [0.25, 0.3) is 0 Å². The Labute approximate surface area is 225 Å². The zero-order valence-corrected chi connectivity index (χ0v) is 23.5. The number of ether oxygens (including phenoxy) is 2. The molecule has 0 saturated heterocycles. The number of nitrogens with zero attached hydrogens (tertiary/aromatic N) is 1. The van der Waals surface area contributed by atoms with Crippen LogP contribution in [0.2, 0.25) is 0 Å². The molecule has 0 unspecified atom stereocenters. The number of ketones is 1. The molecular formula is C29H43NO8. The molecule has 9 nitrogen and oxygen atoms in total. The lowest BCUT2D eigenvalue weighted by Gasteiger charge is -2.33. The summed E-state index contributed by atoms with van der Waals surface area (Å²) in [4.78, 5) is 53.7. The third-order valence-electron chi connectivity index (χ3n) is 5.38. The summed E-state index contributed by atoms with van der Waals surface area (Å²) in [5.41, 5.74) is -3.78. The van der Waals surface area contributed by atoms with Crippen LogP contribution in [0.4, 0.5) is 0 Å². The first kappa shape index (κ1) is 33.0. The number of Topliss-reactive ketones (excluding diaryl/α,β-unsaturated/α-hetero) is 1. The second-order valence-electron chi connectivity index (χ2n) is 11.4. The van der Waals surface area contributed by atoms with Crippen molar-refractivity contribution in [1.29, 1.82) is 0 Å². The lowest BCUT2D eigenvalue weighted by atomic mass is 9.83. The number of carbonyl (C=O) groups is 4. The van der Waals surface area contributed by atoms with E-state index in [1.807, 2.05) is 12.1 Å². The standard InChI is InChI=1S/C29H43NO8/c1-27(2,3)37-24(32)20-29(36,26(35)38-28(4,5)6)23(25(33)34)17-12-10-8-7-9-11-16-22(31)19-21-15-13-14-18-30-21/h12-15,17-18,23,36H,7-11,16,19-20H2,1-6H3,(H,33,34)/b17-12+/t23-,29+/m1/s1. The number of carbonyl (C=O) groups excluding carboxylic acids is 3. The second-order valence-corrected chi connectivity index (χ2v) is 11.4. The van der Waals surface area contributed by atoms with E-state index in [1.54, 1.807) is 59.9 Å². The number of carboxylic acid groups (broad SMARTS) is 1. The maximum atomic E-state index is 12.9. The Hall–Kier alpha value is -3.07. The summed E-state index contributed by atoms with van der Waals surface area (Å²) < 4.78 is 10.5. The molecule has 0 spiro atoms. The molecule has 0 aliphatic heterocycles. The molecule has 0 bridgehead atoms. The van der Waals surface area contributed by atoms with Crippen molar-refractivity contribution in [1.82, 2.24) is 4.98 Å². The van der Waals surface area contributed by atoms with Gasteiger partial charge >= 0.3 is 17.9 Å². The normalized spacial score (nSPS) is 14.5. The second kappa shape index (κ2) is 14.8. The fraction of sp³-hybridized carbons (Fsp3) is 0.621. The van der Waals surface area contributed by atoms with Gasteiger partial charge in [0.25, 0.3) is 0 Å². The van der Waals surface area contributed by atoms with Crippen molar-refractivity contribution in [3.63, 3.8) is 0 Å². The van der Waals surface area contributed by atoms with E-state index in [2.05, 4.69) is 4.98 Å². The fourth-order valence-electron chi connectivity index (χ4n) is 3.68. The average Bonchev–Trinajstić information content (AvgIpc) is 2.75. The zero-order chi connectivity index (χ0) is 29.0. The molecule has 0 aliphatic carbocycles. The van der Waals surface area contributed by atoms with Gasteiger partial charge in [0.05, 0.1) is 6.42 Å². The maximum absolute atomic E-state index is 12.9. The highest BCUT2D eigenvalue weighted by Crippen LogP contribution is 2.29. The number of aliphatic carboxylic acids is 1. The molecule has 2 atom stereocenters. The van der Waals surface area contributed by atoms with Crippen LogP contribution in [0.15, 0.2) is 36.5 Å². The Bertz CT molecular complexity index is 959. The minimum Gasteiger partial charge on any atom is -0.481 e. The Morgan fingerprint density at radius 2 is 1.58 bits per heavy atom. The number of pyridine rings is 1. The summed E-state index contributed by atoms with van der Waals surface area (Å²) in [5.74, 6) is -5.16. The SMILES string of the molecule is CC(C)(C)OC(=O)C[C@@](O)(C(=O)OC(C)(C)C)[C@H](/C=C/CCCCCCC(=O)Cc1ccccn1)C(=O)O. The molecule has 1 heterocycles. The number of esters is 2. The number of carboxylic acids is 1. The van der Waals surface area contributed by atoms with Gasteiger partial charge in [-0.05, 0) is 72.9 Å². The third kappa shape index (κ3) is 12.9. The molecule has 0 amide bonds.